The van der Waals surface area contributed by atoms with Crippen LogP contribution in [0.1, 0.15) is 35.6 Å². The van der Waals surface area contributed by atoms with Crippen molar-refractivity contribution in [3.8, 4) is 0 Å². The first-order chi connectivity index (χ1) is 13.7. The molecule has 142 valence electrons. The highest BCUT2D eigenvalue weighted by Crippen LogP contribution is 2.15. The lowest BCUT2D eigenvalue weighted by Crippen LogP contribution is -2.05. The first-order valence-corrected chi connectivity index (χ1v) is 9.31. The average Bonchev–Trinajstić information content (AvgIpc) is 2.74. The van der Waals surface area contributed by atoms with Crippen LogP contribution in [0.15, 0.2) is 89.1 Å². The van der Waals surface area contributed by atoms with Crippen LogP contribution in [-0.2, 0) is 6.42 Å². The van der Waals surface area contributed by atoms with Crippen molar-refractivity contribution in [1.29, 1.82) is 0 Å². The third kappa shape index (κ3) is 5.19. The minimum absolute atomic E-state index is 0.344. The van der Waals surface area contributed by atoms with E-state index in [0.29, 0.717) is 24.1 Å². The van der Waals surface area contributed by atoms with Crippen molar-refractivity contribution in [1.82, 2.24) is 0 Å². The van der Waals surface area contributed by atoms with Gasteiger partial charge in [-0.15, -0.1) is 5.10 Å². The second-order valence-electron chi connectivity index (χ2n) is 6.49. The first kappa shape index (κ1) is 19.6. The van der Waals surface area contributed by atoms with Crippen LogP contribution in [0.25, 0.3) is 0 Å². The zero-order chi connectivity index (χ0) is 19.8. The highest BCUT2D eigenvalue weighted by Gasteiger charge is 2.09. The van der Waals surface area contributed by atoms with Gasteiger partial charge in [0.05, 0.1) is 6.21 Å². The molecule has 0 saturated carbocycles. The van der Waals surface area contributed by atoms with Crippen LogP contribution >= 0.6 is 0 Å². The molecule has 4 heteroatoms. The first-order valence-electron chi connectivity index (χ1n) is 9.31. The monoisotopic (exact) mass is 376 g/mol. The lowest BCUT2D eigenvalue weighted by Gasteiger charge is -2.08. The topological polar surface area (TPSA) is 24.7 Å². The molecular weight excluding hydrogens is 354 g/mol. The fourth-order valence-electron chi connectivity index (χ4n) is 2.81. The molecule has 0 radical (unpaired) electrons. The molecule has 0 saturated heterocycles. The van der Waals surface area contributed by atoms with Crippen molar-refractivity contribution in [2.24, 2.45) is 10.2 Å². The van der Waals surface area contributed by atoms with Gasteiger partial charge in [0.1, 0.15) is 17.7 Å². The number of alkyl halides is 1. The van der Waals surface area contributed by atoms with Gasteiger partial charge in [0.2, 0.25) is 0 Å². The van der Waals surface area contributed by atoms with Crippen molar-refractivity contribution in [2.75, 3.05) is 0 Å². The summed E-state index contributed by atoms with van der Waals surface area (Å²) in [6.07, 6.45) is 1.48. The Kier molecular flexibility index (Phi) is 6.79. The predicted octanol–water partition coefficient (Wildman–Crippen LogP) is 5.99. The molecule has 1 unspecified atom stereocenters. The standard InChI is InChI=1S/C24H22F2N2/c1-2-22(25)16-18-12-14-20(15-13-18)24(19-8-4-3-5-9-19)28-27-17-21-10-6-7-11-23(21)26/h3-15,17,22H,2,16H2,1H3. The van der Waals surface area contributed by atoms with Gasteiger partial charge in [0.15, 0.2) is 0 Å². The molecule has 3 rings (SSSR count). The van der Waals surface area contributed by atoms with Crippen LogP contribution in [0, 0.1) is 5.82 Å². The molecule has 2 nitrogen and oxygen atoms in total. The third-order valence-corrected chi connectivity index (χ3v) is 4.43. The van der Waals surface area contributed by atoms with E-state index in [1.165, 1.54) is 12.3 Å². The molecule has 0 fully saturated rings. The van der Waals surface area contributed by atoms with Crippen molar-refractivity contribution < 1.29 is 8.78 Å². The quantitative estimate of drug-likeness (QED) is 0.357. The van der Waals surface area contributed by atoms with Crippen LogP contribution in [-0.4, -0.2) is 18.1 Å². The maximum absolute atomic E-state index is 13.8. The number of rotatable bonds is 7. The molecule has 0 aliphatic rings. The molecule has 0 aromatic heterocycles. The van der Waals surface area contributed by atoms with Crippen molar-refractivity contribution >= 4 is 11.9 Å². The Hall–Kier alpha value is -3.14. The van der Waals surface area contributed by atoms with Crippen LogP contribution in [0.3, 0.4) is 0 Å². The molecule has 28 heavy (non-hydrogen) atoms. The maximum atomic E-state index is 13.8. The molecule has 0 bridgehead atoms. The third-order valence-electron chi connectivity index (χ3n) is 4.43. The van der Waals surface area contributed by atoms with E-state index in [-0.39, 0.29) is 5.82 Å². The fourth-order valence-corrected chi connectivity index (χ4v) is 2.81. The summed E-state index contributed by atoms with van der Waals surface area (Å²) >= 11 is 0. The van der Waals surface area contributed by atoms with Crippen LogP contribution in [0.2, 0.25) is 0 Å². The zero-order valence-corrected chi connectivity index (χ0v) is 15.7. The smallest absolute Gasteiger partial charge is 0.132 e. The number of nitrogens with zero attached hydrogens (tertiary/aromatic N) is 2. The maximum Gasteiger partial charge on any atom is 0.132 e. The van der Waals surface area contributed by atoms with E-state index in [4.69, 9.17) is 0 Å². The molecule has 1 atom stereocenters. The number of halogens is 2. The van der Waals surface area contributed by atoms with Crippen molar-refractivity contribution in [2.45, 2.75) is 25.9 Å². The number of hydrogen-bond acceptors (Lipinski definition) is 2. The molecule has 0 aliphatic carbocycles. The Morgan fingerprint density at radius 2 is 1.54 bits per heavy atom. The van der Waals surface area contributed by atoms with Gasteiger partial charge in [-0.3, -0.25) is 0 Å². The van der Waals surface area contributed by atoms with E-state index in [9.17, 15) is 8.78 Å². The Morgan fingerprint density at radius 3 is 2.21 bits per heavy atom. The minimum Gasteiger partial charge on any atom is -0.247 e. The summed E-state index contributed by atoms with van der Waals surface area (Å²) in [5.74, 6) is -0.344. The highest BCUT2D eigenvalue weighted by molar-refractivity contribution is 6.13. The van der Waals surface area contributed by atoms with Crippen molar-refractivity contribution in [3.05, 3.63) is 107 Å². The Bertz CT molecular complexity index is 948. The normalized spacial score (nSPS) is 13.0. The summed E-state index contributed by atoms with van der Waals surface area (Å²) < 4.78 is 27.4. The molecule has 0 amide bonds. The van der Waals surface area contributed by atoms with Crippen LogP contribution < -0.4 is 0 Å². The zero-order valence-electron chi connectivity index (χ0n) is 15.7. The lowest BCUT2D eigenvalue weighted by atomic mass is 9.99. The molecule has 3 aromatic rings. The molecule has 0 heterocycles. The highest BCUT2D eigenvalue weighted by atomic mass is 19.1. The number of benzene rings is 3. The van der Waals surface area contributed by atoms with Crippen molar-refractivity contribution in [3.63, 3.8) is 0 Å². The number of hydrogen-bond donors (Lipinski definition) is 0. The lowest BCUT2D eigenvalue weighted by molar-refractivity contribution is 0.323. The van der Waals surface area contributed by atoms with E-state index in [1.807, 2.05) is 61.5 Å². The predicted molar refractivity (Wildman–Crippen MR) is 111 cm³/mol. The van der Waals surface area contributed by atoms with E-state index in [2.05, 4.69) is 10.2 Å². The second-order valence-corrected chi connectivity index (χ2v) is 6.49. The summed E-state index contributed by atoms with van der Waals surface area (Å²) in [5, 5.41) is 8.46. The van der Waals surface area contributed by atoms with Gasteiger partial charge in [-0.05, 0) is 18.1 Å². The summed E-state index contributed by atoms with van der Waals surface area (Å²) in [5.41, 5.74) is 3.76. The van der Waals surface area contributed by atoms with E-state index in [0.717, 1.165) is 16.7 Å². The van der Waals surface area contributed by atoms with E-state index in [1.54, 1.807) is 18.2 Å². The molecule has 0 N–H and O–H groups in total. The largest absolute Gasteiger partial charge is 0.247 e. The van der Waals surface area contributed by atoms with Gasteiger partial charge in [-0.25, -0.2) is 8.78 Å². The Labute approximate surface area is 164 Å². The van der Waals surface area contributed by atoms with Crippen LogP contribution in [0.4, 0.5) is 8.78 Å². The van der Waals surface area contributed by atoms with Gasteiger partial charge in [-0.1, -0.05) is 79.7 Å². The van der Waals surface area contributed by atoms with E-state index >= 15 is 0 Å². The van der Waals surface area contributed by atoms with Gasteiger partial charge in [0.25, 0.3) is 0 Å². The summed E-state index contributed by atoms with van der Waals surface area (Å²) in [4.78, 5) is 0. The van der Waals surface area contributed by atoms with Gasteiger partial charge >= 0.3 is 0 Å². The van der Waals surface area contributed by atoms with Gasteiger partial charge in [0, 0.05) is 23.1 Å². The Morgan fingerprint density at radius 1 is 0.893 bits per heavy atom. The molecule has 0 spiro atoms. The molecule has 0 aliphatic heterocycles. The Balaban J connectivity index is 1.91. The van der Waals surface area contributed by atoms with Gasteiger partial charge < -0.3 is 0 Å². The average molecular weight is 376 g/mol. The second kappa shape index (κ2) is 9.70. The molecular formula is C24H22F2N2. The summed E-state index contributed by atoms with van der Waals surface area (Å²) in [7, 11) is 0. The van der Waals surface area contributed by atoms with E-state index < -0.39 is 6.17 Å². The van der Waals surface area contributed by atoms with Crippen LogP contribution in [0.5, 0.6) is 0 Å². The van der Waals surface area contributed by atoms with Gasteiger partial charge in [-0.2, -0.15) is 5.10 Å². The summed E-state index contributed by atoms with van der Waals surface area (Å²) in [6.45, 7) is 1.84. The fraction of sp³-hybridized carbons (Fsp3) is 0.167. The summed E-state index contributed by atoms with van der Waals surface area (Å²) in [6, 6.07) is 23.7. The SMILES string of the molecule is CCC(F)Cc1ccc(C(=NN=Cc2ccccc2F)c2ccccc2)cc1. The minimum atomic E-state index is -0.835. The molecule has 3 aromatic carbocycles.